The zero-order valence-electron chi connectivity index (χ0n) is 19.7. The number of hydrogen-bond acceptors (Lipinski definition) is 5. The Morgan fingerprint density at radius 3 is 2.82 bits per heavy atom. The number of ether oxygens (including phenoxy) is 1. The fourth-order valence-electron chi connectivity index (χ4n) is 4.84. The number of carboxylic acid groups (broad SMARTS) is 1. The van der Waals surface area contributed by atoms with Gasteiger partial charge in [0.25, 0.3) is 0 Å². The fourth-order valence-corrected chi connectivity index (χ4v) is 4.84. The van der Waals surface area contributed by atoms with E-state index in [4.69, 9.17) is 9.72 Å². The van der Waals surface area contributed by atoms with E-state index in [9.17, 15) is 14.7 Å². The molecule has 4 rings (SSSR count). The first-order valence-corrected chi connectivity index (χ1v) is 12.6. The number of unbranched alkanes of at least 4 members (excludes halogenated alkanes) is 4. The minimum absolute atomic E-state index is 0.227. The lowest BCUT2D eigenvalue weighted by molar-refractivity contribution is -0.142. The van der Waals surface area contributed by atoms with Gasteiger partial charge >= 0.3 is 5.97 Å². The number of hydrogen-bond donors (Lipinski definition) is 3. The van der Waals surface area contributed by atoms with E-state index in [-0.39, 0.29) is 11.8 Å². The van der Waals surface area contributed by atoms with Crippen molar-refractivity contribution < 1.29 is 19.4 Å². The van der Waals surface area contributed by atoms with Gasteiger partial charge in [0, 0.05) is 17.8 Å². The molecule has 0 aliphatic carbocycles. The lowest BCUT2D eigenvalue weighted by Gasteiger charge is -2.26. The fraction of sp³-hybridized carbons (Fsp3) is 0.519. The van der Waals surface area contributed by atoms with Crippen molar-refractivity contribution in [1.29, 1.82) is 0 Å². The van der Waals surface area contributed by atoms with E-state index in [1.165, 1.54) is 12.0 Å². The maximum Gasteiger partial charge on any atom is 0.326 e. The van der Waals surface area contributed by atoms with E-state index in [2.05, 4.69) is 22.8 Å². The van der Waals surface area contributed by atoms with E-state index in [0.29, 0.717) is 25.2 Å². The number of aromatic nitrogens is 1. The normalized spacial score (nSPS) is 17.5. The lowest BCUT2D eigenvalue weighted by Crippen LogP contribution is -2.43. The Morgan fingerprint density at radius 2 is 1.94 bits per heavy atom. The number of aliphatic carboxylic acids is 1. The molecular formula is C27H35N3O4. The van der Waals surface area contributed by atoms with Crippen LogP contribution in [-0.4, -0.2) is 41.2 Å². The number of benzene rings is 1. The van der Waals surface area contributed by atoms with Crippen molar-refractivity contribution in [2.45, 2.75) is 76.2 Å². The smallest absolute Gasteiger partial charge is 0.326 e. The molecule has 3 N–H and O–H groups in total. The second-order valence-corrected chi connectivity index (χ2v) is 9.27. The maximum absolute atomic E-state index is 12.8. The Kier molecular flexibility index (Phi) is 8.39. The molecule has 3 heterocycles. The molecule has 7 heteroatoms. The highest BCUT2D eigenvalue weighted by molar-refractivity contribution is 5.88. The van der Waals surface area contributed by atoms with Crippen molar-refractivity contribution in [2.24, 2.45) is 0 Å². The largest absolute Gasteiger partial charge is 0.493 e. The van der Waals surface area contributed by atoms with Gasteiger partial charge in [-0.2, -0.15) is 0 Å². The molecule has 2 aliphatic heterocycles. The van der Waals surface area contributed by atoms with Crippen LogP contribution in [0.3, 0.4) is 0 Å². The molecule has 0 radical (unpaired) electrons. The zero-order chi connectivity index (χ0) is 23.8. The number of rotatable bonds is 11. The van der Waals surface area contributed by atoms with Gasteiger partial charge in [-0.1, -0.05) is 49.9 Å². The summed E-state index contributed by atoms with van der Waals surface area (Å²) in [5.41, 5.74) is 3.28. The molecule has 1 aromatic carbocycles. The Labute approximate surface area is 201 Å². The predicted molar refractivity (Wildman–Crippen MR) is 131 cm³/mol. The zero-order valence-corrected chi connectivity index (χ0v) is 19.7. The quantitative estimate of drug-likeness (QED) is 0.424. The van der Waals surface area contributed by atoms with Gasteiger partial charge in [0.2, 0.25) is 5.91 Å². The molecule has 7 nitrogen and oxygen atoms in total. The number of carbonyl (C=O) groups excluding carboxylic acids is 1. The summed E-state index contributed by atoms with van der Waals surface area (Å²) in [5, 5.41) is 15.8. The Bertz CT molecular complexity index is 994. The summed E-state index contributed by atoms with van der Waals surface area (Å²) in [6.07, 6.45) is 9.21. The number of aryl methyl sites for hydroxylation is 2. The SMILES string of the molecule is O=C(O)C(CCCCCCCc1ccc2c(n1)NCCC2)NC(=O)C1CCOc2ccccc21. The summed E-state index contributed by atoms with van der Waals surface area (Å²) < 4.78 is 5.62. The van der Waals surface area contributed by atoms with E-state index in [1.54, 1.807) is 0 Å². The summed E-state index contributed by atoms with van der Waals surface area (Å²) in [7, 11) is 0. The van der Waals surface area contributed by atoms with Crippen molar-refractivity contribution in [3.05, 3.63) is 53.2 Å². The second kappa shape index (κ2) is 11.9. The van der Waals surface area contributed by atoms with Gasteiger partial charge in [-0.25, -0.2) is 9.78 Å². The number of pyridine rings is 1. The molecule has 0 bridgehead atoms. The lowest BCUT2D eigenvalue weighted by atomic mass is 9.92. The minimum atomic E-state index is -0.971. The second-order valence-electron chi connectivity index (χ2n) is 9.27. The van der Waals surface area contributed by atoms with Crippen LogP contribution in [0, 0.1) is 0 Å². The van der Waals surface area contributed by atoms with Crippen molar-refractivity contribution in [3.63, 3.8) is 0 Å². The first-order chi connectivity index (χ1) is 16.6. The van der Waals surface area contributed by atoms with Gasteiger partial charge in [0.05, 0.1) is 12.5 Å². The molecule has 0 saturated carbocycles. The van der Waals surface area contributed by atoms with Crippen LogP contribution in [-0.2, 0) is 22.4 Å². The summed E-state index contributed by atoms with van der Waals surface area (Å²) in [5.74, 6) is 0.201. The molecule has 2 atom stereocenters. The average molecular weight is 466 g/mol. The third-order valence-electron chi connectivity index (χ3n) is 6.77. The number of nitrogens with zero attached hydrogens (tertiary/aromatic N) is 1. The molecule has 0 fully saturated rings. The Morgan fingerprint density at radius 1 is 1.12 bits per heavy atom. The van der Waals surface area contributed by atoms with Crippen LogP contribution in [0.2, 0.25) is 0 Å². The standard InChI is InChI=1S/C27H35N3O4/c31-26(22-16-18-34-24-13-7-6-11-21(22)24)30-23(27(32)33)12-5-3-1-2-4-10-20-15-14-19-9-8-17-28-25(19)29-20/h6-7,11,13-15,22-23H,1-5,8-10,12,16-18H2,(H,28,29)(H,30,31)(H,32,33). The highest BCUT2D eigenvalue weighted by atomic mass is 16.5. The van der Waals surface area contributed by atoms with Gasteiger partial charge < -0.3 is 20.5 Å². The maximum atomic E-state index is 12.8. The van der Waals surface area contributed by atoms with Crippen LogP contribution in [0.5, 0.6) is 5.75 Å². The predicted octanol–water partition coefficient (Wildman–Crippen LogP) is 4.46. The van der Waals surface area contributed by atoms with Gasteiger partial charge in [-0.05, 0) is 56.2 Å². The highest BCUT2D eigenvalue weighted by Gasteiger charge is 2.30. The van der Waals surface area contributed by atoms with Crippen LogP contribution in [0.1, 0.15) is 74.1 Å². The molecule has 2 unspecified atom stereocenters. The van der Waals surface area contributed by atoms with Gasteiger partial charge in [0.15, 0.2) is 0 Å². The number of nitrogens with one attached hydrogen (secondary N) is 2. The highest BCUT2D eigenvalue weighted by Crippen LogP contribution is 2.33. The van der Waals surface area contributed by atoms with Gasteiger partial charge in [-0.3, -0.25) is 4.79 Å². The van der Waals surface area contributed by atoms with Crippen LogP contribution < -0.4 is 15.4 Å². The van der Waals surface area contributed by atoms with Crippen molar-refractivity contribution >= 4 is 17.7 Å². The number of amides is 1. The van der Waals surface area contributed by atoms with Gasteiger partial charge in [0.1, 0.15) is 17.6 Å². The summed E-state index contributed by atoms with van der Waals surface area (Å²) in [6, 6.07) is 11.0. The van der Waals surface area contributed by atoms with E-state index < -0.39 is 12.0 Å². The van der Waals surface area contributed by atoms with Crippen LogP contribution in [0.15, 0.2) is 36.4 Å². The van der Waals surface area contributed by atoms with E-state index in [0.717, 1.165) is 68.6 Å². The first-order valence-electron chi connectivity index (χ1n) is 12.6. The Hall–Kier alpha value is -3.09. The van der Waals surface area contributed by atoms with E-state index in [1.807, 2.05) is 24.3 Å². The first kappa shape index (κ1) is 24.0. The molecule has 2 aromatic rings. The third kappa shape index (κ3) is 6.27. The minimum Gasteiger partial charge on any atom is -0.493 e. The van der Waals surface area contributed by atoms with Gasteiger partial charge in [-0.15, -0.1) is 0 Å². The summed E-state index contributed by atoms with van der Waals surface area (Å²) in [4.78, 5) is 29.3. The van der Waals surface area contributed by atoms with Crippen molar-refractivity contribution in [2.75, 3.05) is 18.5 Å². The van der Waals surface area contributed by atoms with Crippen LogP contribution in [0.4, 0.5) is 5.82 Å². The molecule has 182 valence electrons. The molecule has 2 aliphatic rings. The number of para-hydroxylation sites is 1. The third-order valence-corrected chi connectivity index (χ3v) is 6.77. The molecule has 34 heavy (non-hydrogen) atoms. The van der Waals surface area contributed by atoms with Crippen LogP contribution in [0.25, 0.3) is 0 Å². The van der Waals surface area contributed by atoms with Crippen LogP contribution >= 0.6 is 0 Å². The molecule has 1 amide bonds. The number of carbonyl (C=O) groups is 2. The van der Waals surface area contributed by atoms with E-state index >= 15 is 0 Å². The molecule has 1 aromatic heterocycles. The molecular weight excluding hydrogens is 430 g/mol. The molecule has 0 saturated heterocycles. The topological polar surface area (TPSA) is 101 Å². The summed E-state index contributed by atoms with van der Waals surface area (Å²) >= 11 is 0. The monoisotopic (exact) mass is 465 g/mol. The molecule has 0 spiro atoms. The van der Waals surface area contributed by atoms with Crippen molar-refractivity contribution in [1.82, 2.24) is 10.3 Å². The van der Waals surface area contributed by atoms with Crippen molar-refractivity contribution in [3.8, 4) is 5.75 Å². The Balaban J connectivity index is 1.15. The average Bonchev–Trinajstić information content (AvgIpc) is 2.86. The number of carboxylic acids is 1. The summed E-state index contributed by atoms with van der Waals surface area (Å²) in [6.45, 7) is 1.47. The number of fused-ring (bicyclic) bond motifs is 2. The number of anilines is 1.